The van der Waals surface area contributed by atoms with Gasteiger partial charge in [-0.2, -0.15) is 18.2 Å². The molecule has 0 saturated heterocycles. The number of halogens is 3. The van der Waals surface area contributed by atoms with E-state index in [2.05, 4.69) is 43.7 Å². The highest BCUT2D eigenvalue weighted by Gasteiger charge is 2.36. The van der Waals surface area contributed by atoms with Crippen molar-refractivity contribution in [1.29, 1.82) is 0 Å². The van der Waals surface area contributed by atoms with E-state index in [9.17, 15) is 13.2 Å². The minimum absolute atomic E-state index is 0.0539. The van der Waals surface area contributed by atoms with E-state index in [4.69, 9.17) is 0 Å². The first kappa shape index (κ1) is 20.8. The molecule has 0 spiro atoms. The van der Waals surface area contributed by atoms with Crippen LogP contribution in [0.15, 0.2) is 54.7 Å². The van der Waals surface area contributed by atoms with Gasteiger partial charge in [0.1, 0.15) is 11.4 Å². The molecule has 8 heteroatoms. The molecule has 1 fully saturated rings. The largest absolute Gasteiger partial charge is 0.421 e. The average Bonchev–Trinajstić information content (AvgIpc) is 3.58. The maximum Gasteiger partial charge on any atom is 0.421 e. The van der Waals surface area contributed by atoms with Crippen LogP contribution in [0.3, 0.4) is 0 Å². The fraction of sp³-hybridized carbons (Fsp3) is 0.333. The van der Waals surface area contributed by atoms with Gasteiger partial charge < -0.3 is 10.6 Å². The molecule has 1 aliphatic heterocycles. The van der Waals surface area contributed by atoms with Crippen molar-refractivity contribution in [2.24, 2.45) is 0 Å². The number of nitrogens with one attached hydrogen (secondary N) is 2. The van der Waals surface area contributed by atoms with Gasteiger partial charge in [0.2, 0.25) is 5.95 Å². The molecule has 0 radical (unpaired) electrons. The maximum absolute atomic E-state index is 13.3. The Morgan fingerprint density at radius 3 is 2.59 bits per heavy atom. The summed E-state index contributed by atoms with van der Waals surface area (Å²) in [5.41, 5.74) is 3.71. The summed E-state index contributed by atoms with van der Waals surface area (Å²) in [6.07, 6.45) is -0.971. The Bertz CT molecular complexity index is 1100. The molecule has 2 heterocycles. The zero-order valence-electron chi connectivity index (χ0n) is 17.5. The van der Waals surface area contributed by atoms with E-state index in [-0.39, 0.29) is 17.8 Å². The van der Waals surface area contributed by atoms with E-state index >= 15 is 0 Å². The summed E-state index contributed by atoms with van der Waals surface area (Å²) in [5, 5.41) is 5.96. The Hall–Kier alpha value is -3.13. The standard InChI is InChI=1S/C24H24F3N5/c25-24(26,27)21-13-28-23(31-22(21)29-19-8-9-19)30-20-7-6-17-10-11-32(15-18(17)12-20)14-16-4-2-1-3-5-16/h1-7,12-13,19H,8-11,14-15H2,(H2,28,29,30,31). The molecule has 1 aromatic heterocycles. The molecule has 5 nitrogen and oxygen atoms in total. The van der Waals surface area contributed by atoms with Crippen LogP contribution in [0.5, 0.6) is 0 Å². The van der Waals surface area contributed by atoms with Gasteiger partial charge in [0.15, 0.2) is 0 Å². The molecule has 0 amide bonds. The Morgan fingerprint density at radius 2 is 1.84 bits per heavy atom. The summed E-state index contributed by atoms with van der Waals surface area (Å²) in [4.78, 5) is 10.4. The lowest BCUT2D eigenvalue weighted by Gasteiger charge is -2.29. The van der Waals surface area contributed by atoms with Gasteiger partial charge in [0, 0.05) is 37.6 Å². The van der Waals surface area contributed by atoms with E-state index in [1.54, 1.807) is 0 Å². The Labute approximate surface area is 184 Å². The van der Waals surface area contributed by atoms with Crippen molar-refractivity contribution in [3.8, 4) is 0 Å². The molecule has 2 aromatic carbocycles. The predicted octanol–water partition coefficient (Wildman–Crippen LogP) is 5.37. The lowest BCUT2D eigenvalue weighted by atomic mass is 9.98. The number of aromatic nitrogens is 2. The highest BCUT2D eigenvalue weighted by atomic mass is 19.4. The van der Waals surface area contributed by atoms with Gasteiger partial charge in [-0.15, -0.1) is 0 Å². The number of nitrogens with zero attached hydrogens (tertiary/aromatic N) is 3. The predicted molar refractivity (Wildman–Crippen MR) is 118 cm³/mol. The summed E-state index contributed by atoms with van der Waals surface area (Å²) in [5.74, 6) is -0.0115. The third kappa shape index (κ3) is 4.85. The molecule has 32 heavy (non-hydrogen) atoms. The van der Waals surface area contributed by atoms with Crippen molar-refractivity contribution in [1.82, 2.24) is 14.9 Å². The Morgan fingerprint density at radius 1 is 1.03 bits per heavy atom. The lowest BCUT2D eigenvalue weighted by molar-refractivity contribution is -0.137. The zero-order chi connectivity index (χ0) is 22.1. The Kier molecular flexibility index (Phi) is 5.46. The number of rotatable bonds is 6. The monoisotopic (exact) mass is 439 g/mol. The molecule has 0 bridgehead atoms. The van der Waals surface area contributed by atoms with Gasteiger partial charge >= 0.3 is 6.18 Å². The molecule has 0 unspecified atom stereocenters. The van der Waals surface area contributed by atoms with Crippen LogP contribution < -0.4 is 10.6 Å². The smallest absolute Gasteiger partial charge is 0.367 e. The first-order valence-electron chi connectivity index (χ1n) is 10.8. The molecular formula is C24H24F3N5. The molecule has 3 aromatic rings. The van der Waals surface area contributed by atoms with Crippen molar-refractivity contribution in [3.05, 3.63) is 77.0 Å². The SMILES string of the molecule is FC(F)(F)c1cnc(Nc2ccc3c(c2)CN(Cc2ccccc2)CC3)nc1NC1CC1. The molecule has 0 atom stereocenters. The van der Waals surface area contributed by atoms with Crippen molar-refractivity contribution < 1.29 is 13.2 Å². The number of alkyl halides is 3. The quantitative estimate of drug-likeness (QED) is 0.541. The van der Waals surface area contributed by atoms with E-state index in [0.29, 0.717) is 0 Å². The third-order valence-corrected chi connectivity index (χ3v) is 5.82. The second kappa shape index (κ2) is 8.43. The van der Waals surface area contributed by atoms with Gasteiger partial charge in [-0.05, 0) is 48.1 Å². The van der Waals surface area contributed by atoms with E-state index in [0.717, 1.165) is 50.8 Å². The molecule has 1 aliphatic carbocycles. The second-order valence-corrected chi connectivity index (χ2v) is 8.43. The zero-order valence-corrected chi connectivity index (χ0v) is 17.5. The molecule has 1 saturated carbocycles. The number of fused-ring (bicyclic) bond motifs is 1. The van der Waals surface area contributed by atoms with Gasteiger partial charge in [0.05, 0.1) is 0 Å². The van der Waals surface area contributed by atoms with Gasteiger partial charge in [-0.1, -0.05) is 36.4 Å². The van der Waals surface area contributed by atoms with Crippen LogP contribution in [0.4, 0.5) is 30.6 Å². The van der Waals surface area contributed by atoms with E-state index < -0.39 is 11.7 Å². The normalized spacial score (nSPS) is 16.5. The van der Waals surface area contributed by atoms with Crippen molar-refractivity contribution in [2.45, 2.75) is 44.6 Å². The summed E-state index contributed by atoms with van der Waals surface area (Å²) in [6.45, 7) is 2.70. The minimum atomic E-state index is -4.50. The van der Waals surface area contributed by atoms with Gasteiger partial charge in [-0.25, -0.2) is 4.98 Å². The third-order valence-electron chi connectivity index (χ3n) is 5.82. The first-order valence-corrected chi connectivity index (χ1v) is 10.8. The van der Waals surface area contributed by atoms with E-state index in [1.165, 1.54) is 16.7 Å². The highest BCUT2D eigenvalue weighted by Crippen LogP contribution is 2.36. The summed E-state index contributed by atoms with van der Waals surface area (Å²) in [7, 11) is 0. The first-order chi connectivity index (χ1) is 15.4. The molecule has 166 valence electrons. The van der Waals surface area contributed by atoms with Crippen molar-refractivity contribution >= 4 is 17.5 Å². The summed E-state index contributed by atoms with van der Waals surface area (Å²) < 4.78 is 39.9. The highest BCUT2D eigenvalue weighted by molar-refractivity contribution is 5.59. The lowest BCUT2D eigenvalue weighted by Crippen LogP contribution is -2.30. The molecule has 5 rings (SSSR count). The van der Waals surface area contributed by atoms with Crippen LogP contribution in [0.25, 0.3) is 0 Å². The van der Waals surface area contributed by atoms with Crippen molar-refractivity contribution in [2.75, 3.05) is 17.2 Å². The second-order valence-electron chi connectivity index (χ2n) is 8.43. The minimum Gasteiger partial charge on any atom is -0.367 e. The number of anilines is 3. The topological polar surface area (TPSA) is 53.1 Å². The molecule has 2 aliphatic rings. The summed E-state index contributed by atoms with van der Waals surface area (Å²) in [6, 6.07) is 16.5. The molecular weight excluding hydrogens is 415 g/mol. The van der Waals surface area contributed by atoms with Crippen LogP contribution in [-0.2, 0) is 25.7 Å². The fourth-order valence-electron chi connectivity index (χ4n) is 3.98. The number of hydrogen-bond donors (Lipinski definition) is 2. The average molecular weight is 439 g/mol. The fourth-order valence-corrected chi connectivity index (χ4v) is 3.98. The number of benzene rings is 2. The van der Waals surface area contributed by atoms with Crippen LogP contribution in [0.2, 0.25) is 0 Å². The van der Waals surface area contributed by atoms with Crippen LogP contribution in [0.1, 0.15) is 35.1 Å². The van der Waals surface area contributed by atoms with Crippen molar-refractivity contribution in [3.63, 3.8) is 0 Å². The Balaban J connectivity index is 1.33. The van der Waals surface area contributed by atoms with Gasteiger partial charge in [-0.3, -0.25) is 4.90 Å². The molecule has 2 N–H and O–H groups in total. The summed E-state index contributed by atoms with van der Waals surface area (Å²) >= 11 is 0. The van der Waals surface area contributed by atoms with Crippen LogP contribution in [0, 0.1) is 0 Å². The number of hydrogen-bond acceptors (Lipinski definition) is 5. The maximum atomic E-state index is 13.3. The van der Waals surface area contributed by atoms with Gasteiger partial charge in [0.25, 0.3) is 0 Å². The van der Waals surface area contributed by atoms with E-state index in [1.807, 2.05) is 30.3 Å². The van der Waals surface area contributed by atoms with Crippen LogP contribution >= 0.6 is 0 Å². The van der Waals surface area contributed by atoms with Crippen LogP contribution in [-0.4, -0.2) is 27.5 Å².